The summed E-state index contributed by atoms with van der Waals surface area (Å²) in [5.41, 5.74) is 1.04. The minimum Gasteiger partial charge on any atom is -0.489 e. The summed E-state index contributed by atoms with van der Waals surface area (Å²) in [6.45, 7) is 8.60. The van der Waals surface area contributed by atoms with Gasteiger partial charge in [0.1, 0.15) is 5.75 Å². The SMILES string of the molecule is CNC(C)c1ccc(OC(C)CC(C)C)cn1. The summed E-state index contributed by atoms with van der Waals surface area (Å²) < 4.78 is 5.81. The molecule has 0 amide bonds. The Morgan fingerprint density at radius 3 is 2.41 bits per heavy atom. The lowest BCUT2D eigenvalue weighted by Gasteiger charge is -2.17. The summed E-state index contributed by atoms with van der Waals surface area (Å²) in [6, 6.07) is 4.28. The van der Waals surface area contributed by atoms with Crippen molar-refractivity contribution in [3.63, 3.8) is 0 Å². The lowest BCUT2D eigenvalue weighted by molar-refractivity contribution is 0.192. The zero-order chi connectivity index (χ0) is 12.8. The van der Waals surface area contributed by atoms with Gasteiger partial charge in [-0.25, -0.2) is 0 Å². The average Bonchev–Trinajstić information content (AvgIpc) is 2.28. The molecule has 2 unspecified atom stereocenters. The van der Waals surface area contributed by atoms with Crippen LogP contribution in [-0.2, 0) is 0 Å². The fraction of sp³-hybridized carbons (Fsp3) is 0.643. The average molecular weight is 236 g/mol. The van der Waals surface area contributed by atoms with Gasteiger partial charge in [-0.05, 0) is 45.4 Å². The number of pyridine rings is 1. The number of ether oxygens (including phenoxy) is 1. The molecule has 1 N–H and O–H groups in total. The number of hydrogen-bond donors (Lipinski definition) is 1. The van der Waals surface area contributed by atoms with Gasteiger partial charge in [0.05, 0.1) is 18.0 Å². The van der Waals surface area contributed by atoms with Crippen molar-refractivity contribution in [1.29, 1.82) is 0 Å². The van der Waals surface area contributed by atoms with Gasteiger partial charge < -0.3 is 10.1 Å². The Hall–Kier alpha value is -1.09. The van der Waals surface area contributed by atoms with Crippen LogP contribution >= 0.6 is 0 Å². The van der Waals surface area contributed by atoms with E-state index in [1.807, 2.05) is 19.2 Å². The highest BCUT2D eigenvalue weighted by atomic mass is 16.5. The minimum atomic E-state index is 0.240. The fourth-order valence-corrected chi connectivity index (χ4v) is 1.81. The zero-order valence-electron chi connectivity index (χ0n) is 11.5. The van der Waals surface area contributed by atoms with Crippen LogP contribution in [0, 0.1) is 5.92 Å². The molecule has 3 heteroatoms. The van der Waals surface area contributed by atoms with Crippen molar-refractivity contribution in [2.75, 3.05) is 7.05 Å². The summed E-state index contributed by atoms with van der Waals surface area (Å²) >= 11 is 0. The van der Waals surface area contributed by atoms with E-state index in [0.717, 1.165) is 17.9 Å². The van der Waals surface area contributed by atoms with E-state index in [9.17, 15) is 0 Å². The monoisotopic (exact) mass is 236 g/mol. The molecule has 3 nitrogen and oxygen atoms in total. The summed E-state index contributed by atoms with van der Waals surface area (Å²) in [4.78, 5) is 4.39. The van der Waals surface area contributed by atoms with Crippen LogP contribution in [0.25, 0.3) is 0 Å². The van der Waals surface area contributed by atoms with Crippen LogP contribution in [0.4, 0.5) is 0 Å². The van der Waals surface area contributed by atoms with E-state index in [-0.39, 0.29) is 12.1 Å². The maximum Gasteiger partial charge on any atom is 0.138 e. The quantitative estimate of drug-likeness (QED) is 0.823. The third-order valence-corrected chi connectivity index (χ3v) is 2.78. The Morgan fingerprint density at radius 2 is 1.94 bits per heavy atom. The fourth-order valence-electron chi connectivity index (χ4n) is 1.81. The molecular weight excluding hydrogens is 212 g/mol. The molecule has 0 radical (unpaired) electrons. The highest BCUT2D eigenvalue weighted by Crippen LogP contribution is 2.17. The molecule has 0 saturated carbocycles. The lowest BCUT2D eigenvalue weighted by Crippen LogP contribution is -2.16. The van der Waals surface area contributed by atoms with E-state index in [1.54, 1.807) is 6.20 Å². The van der Waals surface area contributed by atoms with Gasteiger partial charge in [-0.2, -0.15) is 0 Å². The second kappa shape index (κ2) is 6.60. The smallest absolute Gasteiger partial charge is 0.138 e. The Bertz CT molecular complexity index is 321. The van der Waals surface area contributed by atoms with Crippen molar-refractivity contribution in [3.8, 4) is 5.75 Å². The standard InChI is InChI=1S/C14H24N2O/c1-10(2)8-11(3)17-13-6-7-14(16-9-13)12(4)15-5/h6-7,9-12,15H,8H2,1-5H3. The van der Waals surface area contributed by atoms with Gasteiger partial charge in [-0.15, -0.1) is 0 Å². The molecule has 0 aliphatic heterocycles. The highest BCUT2D eigenvalue weighted by molar-refractivity contribution is 5.21. The van der Waals surface area contributed by atoms with E-state index in [1.165, 1.54) is 0 Å². The molecule has 0 spiro atoms. The molecule has 0 bridgehead atoms. The van der Waals surface area contributed by atoms with Crippen molar-refractivity contribution >= 4 is 0 Å². The first-order valence-corrected chi connectivity index (χ1v) is 6.32. The molecule has 0 aromatic carbocycles. The molecular formula is C14H24N2O. The first-order chi connectivity index (χ1) is 8.02. The summed E-state index contributed by atoms with van der Waals surface area (Å²) in [7, 11) is 1.93. The predicted octanol–water partition coefficient (Wildman–Crippen LogP) is 3.18. The first-order valence-electron chi connectivity index (χ1n) is 6.32. The normalized spacial score (nSPS) is 14.7. The van der Waals surface area contributed by atoms with Crippen molar-refractivity contribution in [1.82, 2.24) is 10.3 Å². The number of nitrogens with zero attached hydrogens (tertiary/aromatic N) is 1. The summed E-state index contributed by atoms with van der Waals surface area (Å²) in [5, 5.41) is 3.16. The Morgan fingerprint density at radius 1 is 1.24 bits per heavy atom. The second-order valence-corrected chi connectivity index (χ2v) is 4.99. The van der Waals surface area contributed by atoms with Gasteiger partial charge in [0.25, 0.3) is 0 Å². The topological polar surface area (TPSA) is 34.1 Å². The first kappa shape index (κ1) is 14.0. The van der Waals surface area contributed by atoms with Crippen molar-refractivity contribution in [2.24, 2.45) is 5.92 Å². The second-order valence-electron chi connectivity index (χ2n) is 4.99. The molecule has 1 aromatic rings. The van der Waals surface area contributed by atoms with Gasteiger partial charge in [-0.1, -0.05) is 13.8 Å². The number of hydrogen-bond acceptors (Lipinski definition) is 3. The van der Waals surface area contributed by atoms with E-state index in [2.05, 4.69) is 38.0 Å². The largest absolute Gasteiger partial charge is 0.489 e. The van der Waals surface area contributed by atoms with E-state index < -0.39 is 0 Å². The third-order valence-electron chi connectivity index (χ3n) is 2.78. The number of rotatable bonds is 6. The van der Waals surface area contributed by atoms with Gasteiger partial charge >= 0.3 is 0 Å². The van der Waals surface area contributed by atoms with Crippen LogP contribution in [-0.4, -0.2) is 18.1 Å². The molecule has 1 aromatic heterocycles. The molecule has 17 heavy (non-hydrogen) atoms. The van der Waals surface area contributed by atoms with E-state index >= 15 is 0 Å². The molecule has 0 aliphatic rings. The van der Waals surface area contributed by atoms with Crippen LogP contribution in [0.1, 0.15) is 45.9 Å². The highest BCUT2D eigenvalue weighted by Gasteiger charge is 2.08. The van der Waals surface area contributed by atoms with Crippen LogP contribution in [0.5, 0.6) is 5.75 Å². The van der Waals surface area contributed by atoms with Crippen molar-refractivity contribution in [3.05, 3.63) is 24.0 Å². The van der Waals surface area contributed by atoms with Gasteiger partial charge in [-0.3, -0.25) is 4.98 Å². The zero-order valence-corrected chi connectivity index (χ0v) is 11.5. The Balaban J connectivity index is 2.56. The molecule has 0 saturated heterocycles. The molecule has 2 atom stereocenters. The summed E-state index contributed by atoms with van der Waals surface area (Å²) in [6.07, 6.45) is 3.11. The van der Waals surface area contributed by atoms with Crippen molar-refractivity contribution < 1.29 is 4.74 Å². The predicted molar refractivity (Wildman–Crippen MR) is 71.3 cm³/mol. The maximum atomic E-state index is 5.81. The maximum absolute atomic E-state index is 5.81. The van der Waals surface area contributed by atoms with Gasteiger partial charge in [0, 0.05) is 6.04 Å². The van der Waals surface area contributed by atoms with Gasteiger partial charge in [0.2, 0.25) is 0 Å². The van der Waals surface area contributed by atoms with E-state index in [4.69, 9.17) is 4.74 Å². The lowest BCUT2D eigenvalue weighted by atomic mass is 10.1. The Kier molecular flexibility index (Phi) is 5.42. The van der Waals surface area contributed by atoms with E-state index in [0.29, 0.717) is 5.92 Å². The number of aromatic nitrogens is 1. The summed E-state index contributed by atoms with van der Waals surface area (Å²) in [5.74, 6) is 1.51. The van der Waals surface area contributed by atoms with Crippen LogP contribution in [0.15, 0.2) is 18.3 Å². The molecule has 96 valence electrons. The molecule has 0 fully saturated rings. The van der Waals surface area contributed by atoms with Crippen LogP contribution in [0.3, 0.4) is 0 Å². The minimum absolute atomic E-state index is 0.240. The third kappa shape index (κ3) is 4.73. The number of nitrogens with one attached hydrogen (secondary N) is 1. The Labute approximate surface area is 105 Å². The molecule has 1 heterocycles. The van der Waals surface area contributed by atoms with Gasteiger partial charge in [0.15, 0.2) is 0 Å². The van der Waals surface area contributed by atoms with Crippen LogP contribution in [0.2, 0.25) is 0 Å². The molecule has 0 aliphatic carbocycles. The van der Waals surface area contributed by atoms with Crippen molar-refractivity contribution in [2.45, 2.75) is 46.3 Å². The van der Waals surface area contributed by atoms with Crippen LogP contribution < -0.4 is 10.1 Å². The molecule has 1 rings (SSSR count).